The lowest BCUT2D eigenvalue weighted by molar-refractivity contribution is 0.0677. The minimum atomic E-state index is 0.0101. The average molecular weight is 255 g/mol. The molecule has 3 rings (SSSR count). The van der Waals surface area contributed by atoms with E-state index in [1.807, 2.05) is 11.8 Å². The van der Waals surface area contributed by atoms with E-state index >= 15 is 0 Å². The van der Waals surface area contributed by atoms with Gasteiger partial charge in [0.05, 0.1) is 12.5 Å². The predicted octanol–water partition coefficient (Wildman–Crippen LogP) is 1.20. The summed E-state index contributed by atoms with van der Waals surface area (Å²) in [6, 6.07) is 0. The highest BCUT2D eigenvalue weighted by molar-refractivity contribution is 7.99. The largest absolute Gasteiger partial charge is 0.368 e. The molecule has 3 heterocycles. The highest BCUT2D eigenvalue weighted by Gasteiger charge is 2.31. The third kappa shape index (κ3) is 2.34. The second kappa shape index (κ2) is 4.96. The van der Waals surface area contributed by atoms with Crippen molar-refractivity contribution >= 4 is 11.8 Å². The van der Waals surface area contributed by atoms with Crippen LogP contribution in [0.5, 0.6) is 0 Å². The molecule has 0 bridgehead atoms. The van der Waals surface area contributed by atoms with Gasteiger partial charge in [-0.25, -0.2) is 0 Å². The minimum absolute atomic E-state index is 0.0101. The van der Waals surface area contributed by atoms with Gasteiger partial charge in [-0.05, 0) is 12.5 Å². The number of ether oxygens (including phenoxy) is 1. The molecule has 17 heavy (non-hydrogen) atoms. The number of thioether (sulfide) groups is 1. The highest BCUT2D eigenvalue weighted by Crippen LogP contribution is 2.29. The van der Waals surface area contributed by atoms with Crippen molar-refractivity contribution in [3.63, 3.8) is 0 Å². The van der Waals surface area contributed by atoms with Crippen LogP contribution in [0, 0.1) is 5.92 Å². The van der Waals surface area contributed by atoms with Gasteiger partial charge in [-0.3, -0.25) is 0 Å². The topological polar surface area (TPSA) is 60.2 Å². The van der Waals surface area contributed by atoms with Gasteiger partial charge in [0.1, 0.15) is 6.10 Å². The monoisotopic (exact) mass is 255 g/mol. The third-order valence-electron chi connectivity index (χ3n) is 3.40. The number of nitrogens with zero attached hydrogens (tertiary/aromatic N) is 2. The summed E-state index contributed by atoms with van der Waals surface area (Å²) < 4.78 is 11.0. The third-order valence-corrected chi connectivity index (χ3v) is 4.39. The Bertz CT molecular complexity index is 379. The van der Waals surface area contributed by atoms with Crippen molar-refractivity contribution in [3.05, 3.63) is 11.7 Å². The van der Waals surface area contributed by atoms with Crippen LogP contribution in [0.4, 0.5) is 0 Å². The molecular weight excluding hydrogens is 238 g/mol. The summed E-state index contributed by atoms with van der Waals surface area (Å²) in [5.41, 5.74) is 0. The van der Waals surface area contributed by atoms with Crippen molar-refractivity contribution in [1.82, 2.24) is 15.5 Å². The first kappa shape index (κ1) is 11.5. The molecule has 2 fully saturated rings. The lowest BCUT2D eigenvalue weighted by Gasteiger charge is -2.18. The number of rotatable bonds is 2. The normalized spacial score (nSPS) is 34.1. The summed E-state index contributed by atoms with van der Waals surface area (Å²) in [5.74, 6) is 4.38. The summed E-state index contributed by atoms with van der Waals surface area (Å²) in [7, 11) is 0. The van der Waals surface area contributed by atoms with E-state index in [0.29, 0.717) is 17.7 Å². The lowest BCUT2D eigenvalue weighted by atomic mass is 9.98. The molecule has 2 aliphatic heterocycles. The molecule has 2 aliphatic rings. The molecule has 0 aromatic carbocycles. The maximum absolute atomic E-state index is 5.65. The number of aromatic nitrogens is 2. The molecule has 0 saturated carbocycles. The molecule has 3 unspecified atom stereocenters. The first-order valence-corrected chi connectivity index (χ1v) is 7.23. The van der Waals surface area contributed by atoms with Gasteiger partial charge >= 0.3 is 0 Å². The van der Waals surface area contributed by atoms with Crippen LogP contribution in [0.3, 0.4) is 0 Å². The van der Waals surface area contributed by atoms with Gasteiger partial charge in [-0.15, -0.1) is 0 Å². The number of nitrogens with one attached hydrogen (secondary N) is 1. The number of hydrogen-bond acceptors (Lipinski definition) is 6. The van der Waals surface area contributed by atoms with E-state index in [1.165, 1.54) is 0 Å². The Hall–Kier alpha value is -0.590. The van der Waals surface area contributed by atoms with Crippen molar-refractivity contribution in [3.8, 4) is 0 Å². The van der Waals surface area contributed by atoms with Gasteiger partial charge in [0, 0.05) is 18.1 Å². The predicted molar refractivity (Wildman–Crippen MR) is 65.1 cm³/mol. The van der Waals surface area contributed by atoms with E-state index in [0.717, 1.165) is 37.1 Å². The van der Waals surface area contributed by atoms with Crippen molar-refractivity contribution in [2.24, 2.45) is 5.92 Å². The van der Waals surface area contributed by atoms with Gasteiger partial charge in [-0.2, -0.15) is 16.7 Å². The van der Waals surface area contributed by atoms with Crippen LogP contribution in [0.15, 0.2) is 4.52 Å². The second-order valence-electron chi connectivity index (χ2n) is 4.67. The second-order valence-corrected chi connectivity index (χ2v) is 5.82. The van der Waals surface area contributed by atoms with Crippen LogP contribution in [0.25, 0.3) is 0 Å². The van der Waals surface area contributed by atoms with Crippen molar-refractivity contribution in [2.45, 2.75) is 18.9 Å². The van der Waals surface area contributed by atoms with Crippen molar-refractivity contribution < 1.29 is 9.26 Å². The van der Waals surface area contributed by atoms with Crippen molar-refractivity contribution in [1.29, 1.82) is 0 Å². The Balaban J connectivity index is 1.73. The SMILES string of the molecule is CC1CNCC1c1nc(C2CSCCO2)no1. The molecule has 1 aromatic rings. The molecule has 3 atom stereocenters. The molecule has 1 N–H and O–H groups in total. The molecule has 2 saturated heterocycles. The molecule has 0 radical (unpaired) electrons. The maximum Gasteiger partial charge on any atom is 0.231 e. The molecule has 0 amide bonds. The zero-order valence-electron chi connectivity index (χ0n) is 9.89. The number of hydrogen-bond donors (Lipinski definition) is 1. The Morgan fingerprint density at radius 2 is 2.35 bits per heavy atom. The van der Waals surface area contributed by atoms with Crippen LogP contribution in [0.1, 0.15) is 30.7 Å². The summed E-state index contributed by atoms with van der Waals surface area (Å²) in [6.45, 7) is 4.95. The Kier molecular flexibility index (Phi) is 3.35. The first-order chi connectivity index (χ1) is 8.34. The highest BCUT2D eigenvalue weighted by atomic mass is 32.2. The van der Waals surface area contributed by atoms with E-state index in [1.54, 1.807) is 0 Å². The summed E-state index contributed by atoms with van der Waals surface area (Å²) >= 11 is 1.88. The minimum Gasteiger partial charge on any atom is -0.368 e. The van der Waals surface area contributed by atoms with E-state index < -0.39 is 0 Å². The summed E-state index contributed by atoms with van der Waals surface area (Å²) in [4.78, 5) is 4.51. The van der Waals surface area contributed by atoms with Crippen LogP contribution < -0.4 is 5.32 Å². The standard InChI is InChI=1S/C11H17N3O2S/c1-7-4-12-5-8(7)11-13-10(14-16-11)9-6-17-3-2-15-9/h7-9,12H,2-6H2,1H3. The molecule has 1 aromatic heterocycles. The molecule has 94 valence electrons. The van der Waals surface area contributed by atoms with Gasteiger partial charge < -0.3 is 14.6 Å². The van der Waals surface area contributed by atoms with E-state index in [4.69, 9.17) is 9.26 Å². The van der Waals surface area contributed by atoms with Gasteiger partial charge in [0.2, 0.25) is 11.7 Å². The zero-order valence-corrected chi connectivity index (χ0v) is 10.7. The molecule has 5 nitrogen and oxygen atoms in total. The van der Waals surface area contributed by atoms with Gasteiger partial charge in [0.25, 0.3) is 0 Å². The van der Waals surface area contributed by atoms with Crippen LogP contribution in [-0.2, 0) is 4.74 Å². The van der Waals surface area contributed by atoms with Gasteiger partial charge in [0.15, 0.2) is 0 Å². The van der Waals surface area contributed by atoms with E-state index in [-0.39, 0.29) is 6.10 Å². The summed E-state index contributed by atoms with van der Waals surface area (Å²) in [6.07, 6.45) is 0.0101. The fourth-order valence-corrected chi connectivity index (χ4v) is 3.15. The van der Waals surface area contributed by atoms with Crippen LogP contribution in [-0.4, -0.2) is 41.3 Å². The fraction of sp³-hybridized carbons (Fsp3) is 0.818. The zero-order chi connectivity index (χ0) is 11.7. The van der Waals surface area contributed by atoms with Crippen molar-refractivity contribution in [2.75, 3.05) is 31.2 Å². The van der Waals surface area contributed by atoms with Crippen LogP contribution >= 0.6 is 11.8 Å². The average Bonchev–Trinajstić information content (AvgIpc) is 2.98. The maximum atomic E-state index is 5.65. The first-order valence-electron chi connectivity index (χ1n) is 6.08. The lowest BCUT2D eigenvalue weighted by Crippen LogP contribution is -2.17. The Labute approximate surface area is 105 Å². The van der Waals surface area contributed by atoms with Gasteiger partial charge in [-0.1, -0.05) is 12.1 Å². The quantitative estimate of drug-likeness (QED) is 0.857. The molecule has 0 aliphatic carbocycles. The molecule has 6 heteroatoms. The smallest absolute Gasteiger partial charge is 0.231 e. The fourth-order valence-electron chi connectivity index (χ4n) is 2.31. The van der Waals surface area contributed by atoms with E-state index in [9.17, 15) is 0 Å². The Morgan fingerprint density at radius 3 is 3.06 bits per heavy atom. The summed E-state index contributed by atoms with van der Waals surface area (Å²) in [5, 5.41) is 7.41. The Morgan fingerprint density at radius 1 is 1.41 bits per heavy atom. The van der Waals surface area contributed by atoms with Crippen LogP contribution in [0.2, 0.25) is 0 Å². The molecular formula is C11H17N3O2S. The molecule has 0 spiro atoms. The van der Waals surface area contributed by atoms with E-state index in [2.05, 4.69) is 22.4 Å².